The minimum atomic E-state index is -2.99. The Morgan fingerprint density at radius 2 is 2.20 bits per heavy atom. The summed E-state index contributed by atoms with van der Waals surface area (Å²) >= 11 is 0. The molecule has 0 aromatic carbocycles. The second-order valence-corrected chi connectivity index (χ2v) is 6.34. The molecule has 1 amide bonds. The van der Waals surface area contributed by atoms with Gasteiger partial charge in [-0.15, -0.1) is 0 Å². The molecule has 0 radical (unpaired) electrons. The Balaban J connectivity index is 2.39. The van der Waals surface area contributed by atoms with E-state index in [1.165, 1.54) is 11.2 Å². The number of carbonyl (C=O) groups is 1. The van der Waals surface area contributed by atoms with Gasteiger partial charge in [0, 0.05) is 26.4 Å². The molecule has 1 atom stereocenters. The van der Waals surface area contributed by atoms with Crippen LogP contribution in [-0.4, -0.2) is 57.9 Å². The SMILES string of the molecule is CN(CCS(C)(=O)=O)C(=O)C1CCNC1. The van der Waals surface area contributed by atoms with Crippen molar-refractivity contribution in [1.82, 2.24) is 10.2 Å². The monoisotopic (exact) mass is 234 g/mol. The fourth-order valence-electron chi connectivity index (χ4n) is 1.59. The van der Waals surface area contributed by atoms with E-state index < -0.39 is 9.84 Å². The van der Waals surface area contributed by atoms with Gasteiger partial charge >= 0.3 is 0 Å². The van der Waals surface area contributed by atoms with E-state index >= 15 is 0 Å². The maximum Gasteiger partial charge on any atom is 0.226 e. The molecule has 0 spiro atoms. The largest absolute Gasteiger partial charge is 0.344 e. The first-order valence-electron chi connectivity index (χ1n) is 5.03. The molecular weight excluding hydrogens is 216 g/mol. The van der Waals surface area contributed by atoms with Crippen LogP contribution in [0.15, 0.2) is 0 Å². The van der Waals surface area contributed by atoms with Gasteiger partial charge in [-0.3, -0.25) is 4.79 Å². The second-order valence-electron chi connectivity index (χ2n) is 4.08. The number of rotatable bonds is 4. The van der Waals surface area contributed by atoms with Crippen LogP contribution in [0.4, 0.5) is 0 Å². The topological polar surface area (TPSA) is 66.5 Å². The Labute approximate surface area is 90.7 Å². The number of carbonyl (C=O) groups excluding carboxylic acids is 1. The molecule has 5 nitrogen and oxygen atoms in total. The second kappa shape index (κ2) is 4.94. The Morgan fingerprint density at radius 1 is 1.53 bits per heavy atom. The summed E-state index contributed by atoms with van der Waals surface area (Å²) in [5.74, 6) is 0.105. The molecule has 0 saturated carbocycles. The maximum atomic E-state index is 11.8. The van der Waals surface area contributed by atoms with E-state index in [-0.39, 0.29) is 24.1 Å². The molecule has 1 unspecified atom stereocenters. The van der Waals surface area contributed by atoms with Gasteiger partial charge in [0.25, 0.3) is 0 Å². The summed E-state index contributed by atoms with van der Waals surface area (Å²) in [5.41, 5.74) is 0. The number of amides is 1. The lowest BCUT2D eigenvalue weighted by Gasteiger charge is -2.19. The number of hydrogen-bond acceptors (Lipinski definition) is 4. The number of nitrogens with zero attached hydrogens (tertiary/aromatic N) is 1. The highest BCUT2D eigenvalue weighted by Crippen LogP contribution is 2.10. The molecule has 1 aliphatic rings. The van der Waals surface area contributed by atoms with Crippen LogP contribution in [0.5, 0.6) is 0 Å². The standard InChI is InChI=1S/C9H18N2O3S/c1-11(5-6-15(2,13)14)9(12)8-3-4-10-7-8/h8,10H,3-7H2,1-2H3. The summed E-state index contributed by atoms with van der Waals surface area (Å²) in [4.78, 5) is 13.3. The van der Waals surface area contributed by atoms with Gasteiger partial charge in [0.15, 0.2) is 0 Å². The Hall–Kier alpha value is -0.620. The maximum absolute atomic E-state index is 11.8. The van der Waals surface area contributed by atoms with Gasteiger partial charge in [0.2, 0.25) is 5.91 Å². The van der Waals surface area contributed by atoms with Crippen molar-refractivity contribution in [3.05, 3.63) is 0 Å². The van der Waals surface area contributed by atoms with E-state index in [9.17, 15) is 13.2 Å². The van der Waals surface area contributed by atoms with Crippen molar-refractivity contribution in [2.45, 2.75) is 6.42 Å². The molecule has 1 saturated heterocycles. The first kappa shape index (κ1) is 12.4. The number of sulfone groups is 1. The van der Waals surface area contributed by atoms with E-state index in [1.54, 1.807) is 7.05 Å². The predicted molar refractivity (Wildman–Crippen MR) is 58.3 cm³/mol. The van der Waals surface area contributed by atoms with Crippen molar-refractivity contribution in [1.29, 1.82) is 0 Å². The summed E-state index contributed by atoms with van der Waals surface area (Å²) in [5, 5.41) is 3.11. The van der Waals surface area contributed by atoms with Crippen LogP contribution in [0, 0.1) is 5.92 Å². The van der Waals surface area contributed by atoms with Crippen molar-refractivity contribution in [2.24, 2.45) is 5.92 Å². The summed E-state index contributed by atoms with van der Waals surface area (Å²) in [6.07, 6.45) is 2.03. The van der Waals surface area contributed by atoms with Crippen LogP contribution in [0.1, 0.15) is 6.42 Å². The zero-order valence-corrected chi connectivity index (χ0v) is 10.0. The van der Waals surface area contributed by atoms with E-state index in [2.05, 4.69) is 5.32 Å². The predicted octanol–water partition coefficient (Wildman–Crippen LogP) is -0.901. The van der Waals surface area contributed by atoms with E-state index in [0.29, 0.717) is 6.54 Å². The average molecular weight is 234 g/mol. The Morgan fingerprint density at radius 3 is 2.67 bits per heavy atom. The van der Waals surface area contributed by atoms with Crippen LogP contribution in [-0.2, 0) is 14.6 Å². The van der Waals surface area contributed by atoms with Crippen molar-refractivity contribution in [2.75, 3.05) is 38.7 Å². The van der Waals surface area contributed by atoms with E-state index in [1.807, 2.05) is 0 Å². The molecule has 6 heteroatoms. The smallest absolute Gasteiger partial charge is 0.226 e. The van der Waals surface area contributed by atoms with Crippen LogP contribution < -0.4 is 5.32 Å². The van der Waals surface area contributed by atoms with Crippen molar-refractivity contribution in [3.8, 4) is 0 Å². The molecule has 1 heterocycles. The lowest BCUT2D eigenvalue weighted by atomic mass is 10.1. The molecule has 0 aromatic heterocycles. The highest BCUT2D eigenvalue weighted by molar-refractivity contribution is 7.90. The van der Waals surface area contributed by atoms with Gasteiger partial charge in [-0.25, -0.2) is 8.42 Å². The molecule has 88 valence electrons. The lowest BCUT2D eigenvalue weighted by molar-refractivity contribution is -0.133. The van der Waals surface area contributed by atoms with Gasteiger partial charge in [0.1, 0.15) is 9.84 Å². The van der Waals surface area contributed by atoms with Crippen LogP contribution in [0.3, 0.4) is 0 Å². The third-order valence-electron chi connectivity index (χ3n) is 2.58. The summed E-state index contributed by atoms with van der Waals surface area (Å²) in [6.45, 7) is 1.87. The molecule has 15 heavy (non-hydrogen) atoms. The van der Waals surface area contributed by atoms with Crippen LogP contribution >= 0.6 is 0 Å². The molecule has 1 N–H and O–H groups in total. The van der Waals surface area contributed by atoms with Crippen molar-refractivity contribution in [3.63, 3.8) is 0 Å². The quantitative estimate of drug-likeness (QED) is 0.684. The van der Waals surface area contributed by atoms with Crippen molar-refractivity contribution >= 4 is 15.7 Å². The Bertz CT molecular complexity index is 320. The Kier molecular flexibility index (Phi) is 4.10. The number of hydrogen-bond donors (Lipinski definition) is 1. The van der Waals surface area contributed by atoms with E-state index in [4.69, 9.17) is 0 Å². The lowest BCUT2D eigenvalue weighted by Crippen LogP contribution is -2.36. The van der Waals surface area contributed by atoms with Gasteiger partial charge < -0.3 is 10.2 Å². The van der Waals surface area contributed by atoms with E-state index in [0.717, 1.165) is 13.0 Å². The molecular formula is C9H18N2O3S. The molecule has 0 bridgehead atoms. The van der Waals surface area contributed by atoms with Gasteiger partial charge in [-0.2, -0.15) is 0 Å². The number of nitrogens with one attached hydrogen (secondary N) is 1. The first-order chi connectivity index (χ1) is 6.90. The third kappa shape index (κ3) is 4.17. The fourth-order valence-corrected chi connectivity index (χ4v) is 2.20. The van der Waals surface area contributed by atoms with Gasteiger partial charge in [-0.1, -0.05) is 0 Å². The fraction of sp³-hybridized carbons (Fsp3) is 0.889. The molecule has 1 aliphatic heterocycles. The highest BCUT2D eigenvalue weighted by Gasteiger charge is 2.25. The zero-order chi connectivity index (χ0) is 11.5. The van der Waals surface area contributed by atoms with Crippen LogP contribution in [0.25, 0.3) is 0 Å². The van der Waals surface area contributed by atoms with Crippen LogP contribution in [0.2, 0.25) is 0 Å². The average Bonchev–Trinajstić information content (AvgIpc) is 2.64. The van der Waals surface area contributed by atoms with Crippen molar-refractivity contribution < 1.29 is 13.2 Å². The molecule has 0 aliphatic carbocycles. The minimum absolute atomic E-state index is 0.0227. The summed E-state index contributed by atoms with van der Waals surface area (Å²) < 4.78 is 21.9. The van der Waals surface area contributed by atoms with Gasteiger partial charge in [-0.05, 0) is 13.0 Å². The minimum Gasteiger partial charge on any atom is -0.344 e. The summed E-state index contributed by atoms with van der Waals surface area (Å²) in [6, 6.07) is 0. The molecule has 1 rings (SSSR count). The molecule has 0 aromatic rings. The molecule has 1 fully saturated rings. The first-order valence-corrected chi connectivity index (χ1v) is 7.09. The van der Waals surface area contributed by atoms with Gasteiger partial charge in [0.05, 0.1) is 11.7 Å². The summed E-state index contributed by atoms with van der Waals surface area (Å²) in [7, 11) is -1.33. The zero-order valence-electron chi connectivity index (χ0n) is 9.19. The highest BCUT2D eigenvalue weighted by atomic mass is 32.2. The third-order valence-corrected chi connectivity index (χ3v) is 3.51. The normalized spacial score (nSPS) is 21.6.